The molecule has 14 heavy (non-hydrogen) atoms. The van der Waals surface area contributed by atoms with Crippen molar-refractivity contribution >= 4 is 16.9 Å². The van der Waals surface area contributed by atoms with Crippen LogP contribution in [0, 0.1) is 5.82 Å². The average molecular weight is 193 g/mol. The third-order valence-corrected chi connectivity index (χ3v) is 2.05. The van der Waals surface area contributed by atoms with E-state index in [2.05, 4.69) is 9.72 Å². The molecule has 0 aliphatic carbocycles. The summed E-state index contributed by atoms with van der Waals surface area (Å²) in [6.07, 6.45) is 1.26. The molecule has 2 rings (SSSR count). The molecule has 3 nitrogen and oxygen atoms in total. The Morgan fingerprint density at radius 1 is 1.50 bits per heavy atom. The standard InChI is InChI=1S/C10H8FNO2/c1-14-10(13)6-2-3-7-8(11)5-12-9(7)4-6/h2-5,12H,1H3. The number of ether oxygens (including phenoxy) is 1. The van der Waals surface area contributed by atoms with E-state index in [1.807, 2.05) is 0 Å². The molecule has 0 fully saturated rings. The van der Waals surface area contributed by atoms with Crippen molar-refractivity contribution in [2.45, 2.75) is 0 Å². The normalized spacial score (nSPS) is 10.4. The van der Waals surface area contributed by atoms with Gasteiger partial charge in [0.25, 0.3) is 0 Å². The first-order valence-electron chi connectivity index (χ1n) is 4.07. The molecular weight excluding hydrogens is 185 g/mol. The average Bonchev–Trinajstić information content (AvgIpc) is 2.59. The lowest BCUT2D eigenvalue weighted by Crippen LogP contribution is -2.00. The van der Waals surface area contributed by atoms with Gasteiger partial charge in [0.1, 0.15) is 5.82 Å². The lowest BCUT2D eigenvalue weighted by atomic mass is 10.1. The molecule has 1 heterocycles. The van der Waals surface area contributed by atoms with E-state index in [9.17, 15) is 9.18 Å². The van der Waals surface area contributed by atoms with Crippen molar-refractivity contribution in [1.29, 1.82) is 0 Å². The molecule has 0 amide bonds. The number of benzene rings is 1. The monoisotopic (exact) mass is 193 g/mol. The first-order chi connectivity index (χ1) is 6.72. The summed E-state index contributed by atoms with van der Waals surface area (Å²) in [5.74, 6) is -0.752. The zero-order chi connectivity index (χ0) is 10.1. The van der Waals surface area contributed by atoms with Gasteiger partial charge in [0.15, 0.2) is 0 Å². The largest absolute Gasteiger partial charge is 0.465 e. The molecule has 0 aliphatic heterocycles. The van der Waals surface area contributed by atoms with Gasteiger partial charge in [0.2, 0.25) is 0 Å². The summed E-state index contributed by atoms with van der Waals surface area (Å²) in [4.78, 5) is 13.9. The van der Waals surface area contributed by atoms with Crippen molar-refractivity contribution in [3.05, 3.63) is 35.8 Å². The van der Waals surface area contributed by atoms with Gasteiger partial charge in [-0.2, -0.15) is 0 Å². The lowest BCUT2D eigenvalue weighted by molar-refractivity contribution is 0.0601. The highest BCUT2D eigenvalue weighted by Gasteiger charge is 2.08. The summed E-state index contributed by atoms with van der Waals surface area (Å²) in [6.45, 7) is 0. The summed E-state index contributed by atoms with van der Waals surface area (Å²) in [7, 11) is 1.31. The van der Waals surface area contributed by atoms with Crippen LogP contribution in [0.4, 0.5) is 4.39 Å². The van der Waals surface area contributed by atoms with Crippen LogP contribution < -0.4 is 0 Å². The first kappa shape index (κ1) is 8.74. The number of esters is 1. The van der Waals surface area contributed by atoms with E-state index in [0.717, 1.165) is 0 Å². The van der Waals surface area contributed by atoms with Crippen LogP contribution >= 0.6 is 0 Å². The Kier molecular flexibility index (Phi) is 1.96. The van der Waals surface area contributed by atoms with Gasteiger partial charge in [0, 0.05) is 17.1 Å². The topological polar surface area (TPSA) is 42.1 Å². The minimum atomic E-state index is -0.429. The molecule has 0 bridgehead atoms. The molecule has 4 heteroatoms. The van der Waals surface area contributed by atoms with E-state index in [0.29, 0.717) is 16.5 Å². The predicted molar refractivity (Wildman–Crippen MR) is 49.6 cm³/mol. The Morgan fingerprint density at radius 2 is 2.29 bits per heavy atom. The van der Waals surface area contributed by atoms with E-state index in [1.165, 1.54) is 19.4 Å². The van der Waals surface area contributed by atoms with E-state index in [-0.39, 0.29) is 5.82 Å². The van der Waals surface area contributed by atoms with E-state index >= 15 is 0 Å². The van der Waals surface area contributed by atoms with Crippen molar-refractivity contribution in [3.63, 3.8) is 0 Å². The minimum absolute atomic E-state index is 0.323. The fraction of sp³-hybridized carbons (Fsp3) is 0.100. The number of carbonyl (C=O) groups excluding carboxylic acids is 1. The molecule has 0 aliphatic rings. The van der Waals surface area contributed by atoms with Crippen molar-refractivity contribution in [2.24, 2.45) is 0 Å². The van der Waals surface area contributed by atoms with Crippen molar-refractivity contribution in [3.8, 4) is 0 Å². The van der Waals surface area contributed by atoms with E-state index < -0.39 is 5.97 Å². The van der Waals surface area contributed by atoms with Crippen LogP contribution in [0.15, 0.2) is 24.4 Å². The van der Waals surface area contributed by atoms with Crippen LogP contribution in [0.5, 0.6) is 0 Å². The van der Waals surface area contributed by atoms with Gasteiger partial charge in [-0.1, -0.05) is 0 Å². The second-order valence-corrected chi connectivity index (χ2v) is 2.89. The Bertz CT molecular complexity index is 490. The SMILES string of the molecule is COC(=O)c1ccc2c(F)c[nH]c2c1. The zero-order valence-corrected chi connectivity index (χ0v) is 7.50. The maximum Gasteiger partial charge on any atom is 0.337 e. The molecule has 2 aromatic rings. The van der Waals surface area contributed by atoms with Gasteiger partial charge >= 0.3 is 5.97 Å². The van der Waals surface area contributed by atoms with Gasteiger partial charge in [-0.05, 0) is 18.2 Å². The number of H-pyrrole nitrogens is 1. The van der Waals surface area contributed by atoms with Crippen molar-refractivity contribution in [1.82, 2.24) is 4.98 Å². The Labute approximate surface area is 79.5 Å². The molecule has 0 atom stereocenters. The summed E-state index contributed by atoms with van der Waals surface area (Å²) < 4.78 is 17.6. The number of carbonyl (C=O) groups is 1. The maximum absolute atomic E-state index is 13.0. The number of aromatic nitrogens is 1. The Morgan fingerprint density at radius 3 is 3.00 bits per heavy atom. The number of hydrogen-bond acceptors (Lipinski definition) is 2. The van der Waals surface area contributed by atoms with Crippen molar-refractivity contribution < 1.29 is 13.9 Å². The van der Waals surface area contributed by atoms with Crippen LogP contribution in [0.2, 0.25) is 0 Å². The van der Waals surface area contributed by atoms with Gasteiger partial charge in [0.05, 0.1) is 12.7 Å². The second kappa shape index (κ2) is 3.14. The summed E-state index contributed by atoms with van der Waals surface area (Å²) in [6, 6.07) is 4.64. The number of hydrogen-bond donors (Lipinski definition) is 1. The van der Waals surface area contributed by atoms with Crippen LogP contribution in [0.25, 0.3) is 10.9 Å². The molecule has 1 N–H and O–H groups in total. The molecule has 0 saturated carbocycles. The van der Waals surface area contributed by atoms with Gasteiger partial charge in [-0.25, -0.2) is 9.18 Å². The molecular formula is C10H8FNO2. The zero-order valence-electron chi connectivity index (χ0n) is 7.50. The summed E-state index contributed by atoms with van der Waals surface area (Å²) >= 11 is 0. The molecule has 0 unspecified atom stereocenters. The van der Waals surface area contributed by atoms with Crippen LogP contribution in [0.1, 0.15) is 10.4 Å². The summed E-state index contributed by atoms with van der Waals surface area (Å²) in [5.41, 5.74) is 0.993. The third kappa shape index (κ3) is 1.25. The van der Waals surface area contributed by atoms with Gasteiger partial charge in [-0.15, -0.1) is 0 Å². The fourth-order valence-electron chi connectivity index (χ4n) is 1.34. The number of nitrogens with one attached hydrogen (secondary N) is 1. The molecule has 1 aromatic heterocycles. The summed E-state index contributed by atoms with van der Waals surface area (Å²) in [5, 5.41) is 0.470. The number of rotatable bonds is 1. The third-order valence-electron chi connectivity index (χ3n) is 2.05. The van der Waals surface area contributed by atoms with Crippen molar-refractivity contribution in [2.75, 3.05) is 7.11 Å². The lowest BCUT2D eigenvalue weighted by Gasteiger charge is -1.98. The van der Waals surface area contributed by atoms with Gasteiger partial charge < -0.3 is 9.72 Å². The molecule has 72 valence electrons. The number of halogens is 1. The highest BCUT2D eigenvalue weighted by molar-refractivity contribution is 5.94. The highest BCUT2D eigenvalue weighted by Crippen LogP contribution is 2.18. The van der Waals surface area contributed by atoms with Gasteiger partial charge in [-0.3, -0.25) is 0 Å². The maximum atomic E-state index is 13.0. The minimum Gasteiger partial charge on any atom is -0.465 e. The molecule has 0 radical (unpaired) electrons. The van der Waals surface area contributed by atoms with Crippen LogP contribution in [-0.2, 0) is 4.74 Å². The molecule has 1 aromatic carbocycles. The fourth-order valence-corrected chi connectivity index (χ4v) is 1.34. The number of fused-ring (bicyclic) bond motifs is 1. The highest BCUT2D eigenvalue weighted by atomic mass is 19.1. The number of methoxy groups -OCH3 is 1. The first-order valence-corrected chi connectivity index (χ1v) is 4.07. The van der Waals surface area contributed by atoms with Crippen LogP contribution in [0.3, 0.4) is 0 Å². The smallest absolute Gasteiger partial charge is 0.337 e. The quantitative estimate of drug-likeness (QED) is 0.704. The Hall–Kier alpha value is -1.84. The molecule has 0 spiro atoms. The van der Waals surface area contributed by atoms with E-state index in [1.54, 1.807) is 12.1 Å². The molecule has 0 saturated heterocycles. The van der Waals surface area contributed by atoms with Crippen LogP contribution in [-0.4, -0.2) is 18.1 Å². The van der Waals surface area contributed by atoms with E-state index in [4.69, 9.17) is 0 Å². The number of aromatic amines is 1. The Balaban J connectivity index is 2.57. The second-order valence-electron chi connectivity index (χ2n) is 2.89. The predicted octanol–water partition coefficient (Wildman–Crippen LogP) is 2.09.